The summed E-state index contributed by atoms with van der Waals surface area (Å²) in [5, 5.41) is 5.95. The number of amidine groups is 1. The molecule has 1 aromatic heterocycles. The molecule has 8 heteroatoms. The summed E-state index contributed by atoms with van der Waals surface area (Å²) in [5.41, 5.74) is 11.7. The predicted octanol–water partition coefficient (Wildman–Crippen LogP) is 1.59. The van der Waals surface area contributed by atoms with Gasteiger partial charge in [0.25, 0.3) is 0 Å². The number of aryl methyl sites for hydroxylation is 3. The van der Waals surface area contributed by atoms with Crippen LogP contribution in [0.1, 0.15) is 22.6 Å². The van der Waals surface area contributed by atoms with Crippen molar-refractivity contribution < 1.29 is 4.79 Å². The first-order valence-corrected chi connectivity index (χ1v) is 9.61. The van der Waals surface area contributed by atoms with Gasteiger partial charge in [0.2, 0.25) is 6.41 Å². The summed E-state index contributed by atoms with van der Waals surface area (Å²) < 4.78 is 0. The van der Waals surface area contributed by atoms with E-state index >= 15 is 0 Å². The third-order valence-corrected chi connectivity index (χ3v) is 4.76. The van der Waals surface area contributed by atoms with Gasteiger partial charge < -0.3 is 21.3 Å². The van der Waals surface area contributed by atoms with Crippen molar-refractivity contribution in [1.82, 2.24) is 20.6 Å². The molecule has 1 amide bonds. The Balaban J connectivity index is 1.89. The van der Waals surface area contributed by atoms with Crippen LogP contribution in [0.15, 0.2) is 35.1 Å². The highest BCUT2D eigenvalue weighted by Gasteiger charge is 2.12. The summed E-state index contributed by atoms with van der Waals surface area (Å²) in [6.07, 6.45) is 3.91. The Morgan fingerprint density at radius 1 is 1.28 bits per heavy atom. The Morgan fingerprint density at radius 3 is 2.69 bits per heavy atom. The van der Waals surface area contributed by atoms with Crippen molar-refractivity contribution in [2.45, 2.75) is 20.8 Å². The van der Waals surface area contributed by atoms with Crippen molar-refractivity contribution >= 4 is 29.7 Å². The third-order valence-electron chi connectivity index (χ3n) is 4.76. The first-order valence-electron chi connectivity index (χ1n) is 9.61. The number of carbonyl (C=O) groups excluding carboxylic acids is 1. The number of nitrogens with zero attached hydrogens (tertiary/aromatic N) is 4. The number of rotatable bonds is 5. The fraction of sp³-hybridized carbons (Fsp3) is 0.333. The smallest absolute Gasteiger partial charge is 0.212 e. The number of nitrogens with one attached hydrogen (secondary N) is 2. The first-order chi connectivity index (χ1) is 14.0. The van der Waals surface area contributed by atoms with E-state index in [1.165, 1.54) is 5.69 Å². The lowest BCUT2D eigenvalue weighted by molar-refractivity contribution is -0.108. The second kappa shape index (κ2) is 9.29. The van der Waals surface area contributed by atoms with E-state index in [9.17, 15) is 4.79 Å². The molecule has 1 aromatic carbocycles. The number of anilines is 1. The largest absolute Gasteiger partial charge is 0.396 e. The number of carbonyl (C=O) groups is 1. The number of hydrogen-bond donors (Lipinski definition) is 3. The number of aromatic nitrogens is 2. The van der Waals surface area contributed by atoms with E-state index in [0.717, 1.165) is 48.8 Å². The number of hydrogen-bond acceptors (Lipinski definition) is 7. The van der Waals surface area contributed by atoms with Gasteiger partial charge in [-0.25, -0.2) is 4.99 Å². The molecule has 0 saturated carbocycles. The average Bonchev–Trinajstić information content (AvgIpc) is 2.71. The van der Waals surface area contributed by atoms with Gasteiger partial charge in [-0.3, -0.25) is 14.8 Å². The number of aliphatic imine (C=N–C) groups is 1. The molecular formula is C21H27N7O. The maximum atomic E-state index is 11.1. The van der Waals surface area contributed by atoms with Gasteiger partial charge in [-0.15, -0.1) is 0 Å². The minimum absolute atomic E-state index is 0.278. The molecule has 1 aliphatic heterocycles. The van der Waals surface area contributed by atoms with Crippen LogP contribution in [0.4, 0.5) is 11.4 Å². The van der Waals surface area contributed by atoms with Gasteiger partial charge in [0.15, 0.2) is 5.84 Å². The average molecular weight is 393 g/mol. The molecule has 0 atom stereocenters. The van der Waals surface area contributed by atoms with Crippen molar-refractivity contribution in [2.75, 3.05) is 31.1 Å². The molecule has 0 bridgehead atoms. The van der Waals surface area contributed by atoms with Crippen molar-refractivity contribution in [2.24, 2.45) is 10.7 Å². The van der Waals surface area contributed by atoms with Crippen LogP contribution in [0.3, 0.4) is 0 Å². The molecule has 2 heterocycles. The summed E-state index contributed by atoms with van der Waals surface area (Å²) in [5.74, 6) is 0.278. The van der Waals surface area contributed by atoms with E-state index in [-0.39, 0.29) is 5.84 Å². The zero-order chi connectivity index (χ0) is 20.8. The van der Waals surface area contributed by atoms with Gasteiger partial charge in [-0.1, -0.05) is 0 Å². The van der Waals surface area contributed by atoms with Crippen LogP contribution in [0.5, 0.6) is 0 Å². The molecule has 1 fully saturated rings. The van der Waals surface area contributed by atoms with Gasteiger partial charge in [-0.05, 0) is 50.6 Å². The van der Waals surface area contributed by atoms with Crippen molar-refractivity contribution in [3.8, 4) is 0 Å². The van der Waals surface area contributed by atoms with E-state index in [2.05, 4.69) is 36.6 Å². The molecule has 2 aromatic rings. The highest BCUT2D eigenvalue weighted by Crippen LogP contribution is 2.25. The lowest BCUT2D eigenvalue weighted by Crippen LogP contribution is -2.43. The second-order valence-electron chi connectivity index (χ2n) is 7.01. The quantitative estimate of drug-likeness (QED) is 0.404. The van der Waals surface area contributed by atoms with E-state index in [1.54, 1.807) is 12.3 Å². The second-order valence-corrected chi connectivity index (χ2v) is 7.01. The lowest BCUT2D eigenvalue weighted by Gasteiger charge is -2.29. The Labute approximate surface area is 171 Å². The van der Waals surface area contributed by atoms with Gasteiger partial charge in [0, 0.05) is 38.1 Å². The Morgan fingerprint density at radius 2 is 2.03 bits per heavy atom. The number of amides is 1. The molecule has 152 valence electrons. The lowest BCUT2D eigenvalue weighted by atomic mass is 10.1. The van der Waals surface area contributed by atoms with E-state index in [0.29, 0.717) is 17.8 Å². The van der Waals surface area contributed by atoms with Crippen LogP contribution in [0, 0.1) is 20.8 Å². The summed E-state index contributed by atoms with van der Waals surface area (Å²) in [4.78, 5) is 26.8. The van der Waals surface area contributed by atoms with E-state index < -0.39 is 0 Å². The minimum atomic E-state index is 0.278. The first kappa shape index (κ1) is 20.5. The highest BCUT2D eigenvalue weighted by molar-refractivity contribution is 6.06. The van der Waals surface area contributed by atoms with Crippen LogP contribution < -0.4 is 21.3 Å². The van der Waals surface area contributed by atoms with Crippen LogP contribution in [0.2, 0.25) is 0 Å². The van der Waals surface area contributed by atoms with E-state index in [4.69, 9.17) is 5.73 Å². The SMILES string of the molecule is Cc1cnc(C=C(N)C(=Nc2ccc(N3CCNCC3)cc2C)NC=O)c(C)n1. The fourth-order valence-corrected chi connectivity index (χ4v) is 3.21. The van der Waals surface area contributed by atoms with Crippen molar-refractivity contribution in [3.05, 3.63) is 52.7 Å². The number of nitrogens with two attached hydrogens (primary N) is 1. The van der Waals surface area contributed by atoms with Gasteiger partial charge >= 0.3 is 0 Å². The highest BCUT2D eigenvalue weighted by atomic mass is 16.1. The Hall–Kier alpha value is -3.26. The molecule has 0 radical (unpaired) electrons. The molecule has 0 aliphatic carbocycles. The molecule has 3 rings (SSSR count). The maximum Gasteiger partial charge on any atom is 0.212 e. The molecule has 0 unspecified atom stereocenters. The molecule has 1 saturated heterocycles. The molecule has 29 heavy (non-hydrogen) atoms. The van der Waals surface area contributed by atoms with Crippen LogP contribution >= 0.6 is 0 Å². The normalized spacial score (nSPS) is 15.3. The summed E-state index contributed by atoms with van der Waals surface area (Å²) in [6.45, 7) is 9.66. The van der Waals surface area contributed by atoms with Gasteiger partial charge in [-0.2, -0.15) is 0 Å². The van der Waals surface area contributed by atoms with Gasteiger partial charge in [0.1, 0.15) is 0 Å². The standard InChI is InChI=1S/C21H27N7O/c1-14-10-17(28-8-6-23-7-9-28)4-5-19(14)27-21(25-13-29)18(22)11-20-16(3)26-15(2)12-24-20/h4-5,10-13,23H,6-9,22H2,1-3H3,(H,25,27,29). The molecule has 1 aliphatic rings. The number of benzene rings is 1. The molecule has 4 N–H and O–H groups in total. The molecule has 0 spiro atoms. The topological polar surface area (TPSA) is 109 Å². The monoisotopic (exact) mass is 393 g/mol. The zero-order valence-corrected chi connectivity index (χ0v) is 17.1. The number of piperazine rings is 1. The minimum Gasteiger partial charge on any atom is -0.396 e. The fourth-order valence-electron chi connectivity index (χ4n) is 3.21. The van der Waals surface area contributed by atoms with Gasteiger partial charge in [0.05, 0.1) is 28.5 Å². The van der Waals surface area contributed by atoms with Crippen molar-refractivity contribution in [1.29, 1.82) is 0 Å². The Kier molecular flexibility index (Phi) is 6.56. The third kappa shape index (κ3) is 5.17. The van der Waals surface area contributed by atoms with Crippen LogP contribution in [-0.2, 0) is 4.79 Å². The summed E-state index contributed by atoms with van der Waals surface area (Å²) in [6, 6.07) is 6.10. The summed E-state index contributed by atoms with van der Waals surface area (Å²) >= 11 is 0. The van der Waals surface area contributed by atoms with Crippen LogP contribution in [-0.4, -0.2) is 48.4 Å². The predicted molar refractivity (Wildman–Crippen MR) is 116 cm³/mol. The zero-order valence-electron chi connectivity index (χ0n) is 17.1. The van der Waals surface area contributed by atoms with E-state index in [1.807, 2.05) is 32.9 Å². The molecular weight excluding hydrogens is 366 g/mol. The molecule has 8 nitrogen and oxygen atoms in total. The maximum absolute atomic E-state index is 11.1. The van der Waals surface area contributed by atoms with Crippen LogP contribution in [0.25, 0.3) is 6.08 Å². The van der Waals surface area contributed by atoms with Crippen molar-refractivity contribution in [3.63, 3.8) is 0 Å². The summed E-state index contributed by atoms with van der Waals surface area (Å²) in [7, 11) is 0. The Bertz CT molecular complexity index is 946.